The van der Waals surface area contributed by atoms with Crippen LogP contribution in [0.25, 0.3) is 5.88 Å². The molecule has 0 fully saturated rings. The van der Waals surface area contributed by atoms with Gasteiger partial charge in [-0.25, -0.2) is 4.39 Å². The van der Waals surface area contributed by atoms with E-state index in [1.165, 1.54) is 24.5 Å². The number of aromatic nitrogens is 3. The zero-order valence-corrected chi connectivity index (χ0v) is 12.1. The number of rotatable bonds is 5. The monoisotopic (exact) mass is 315 g/mol. The fourth-order valence-corrected chi connectivity index (χ4v) is 2.11. The van der Waals surface area contributed by atoms with Crippen LogP contribution < -0.4 is 0 Å². The van der Waals surface area contributed by atoms with Crippen molar-refractivity contribution in [3.05, 3.63) is 77.5 Å². The van der Waals surface area contributed by atoms with Gasteiger partial charge in [0, 0.05) is 6.42 Å². The van der Waals surface area contributed by atoms with Gasteiger partial charge in [0.05, 0.1) is 18.8 Å². The second kappa shape index (κ2) is 6.35. The highest BCUT2D eigenvalue weighted by molar-refractivity contribution is 5.37. The van der Waals surface area contributed by atoms with Crippen LogP contribution in [-0.2, 0) is 12.8 Å². The van der Waals surface area contributed by atoms with Crippen LogP contribution in [0.3, 0.4) is 0 Å². The molecule has 1 aromatic carbocycles. The van der Waals surface area contributed by atoms with Crippen molar-refractivity contribution in [2.45, 2.75) is 12.8 Å². The summed E-state index contributed by atoms with van der Waals surface area (Å²) in [6.45, 7) is 0. The van der Waals surface area contributed by atoms with Gasteiger partial charge in [-0.2, -0.15) is 4.68 Å². The summed E-state index contributed by atoms with van der Waals surface area (Å²) in [6.07, 6.45) is 3.33. The Morgan fingerprint density at radius 3 is 2.52 bits per heavy atom. The van der Waals surface area contributed by atoms with E-state index in [1.54, 1.807) is 24.3 Å². The fraction of sp³-hybridized carbons (Fsp3) is 0.125. The van der Waals surface area contributed by atoms with Gasteiger partial charge in [-0.1, -0.05) is 17.3 Å². The number of aliphatic hydroxyl groups excluding tert-OH is 2. The minimum atomic E-state index is -0.404. The number of halogens is 1. The van der Waals surface area contributed by atoms with Crippen LogP contribution in [0, 0.1) is 5.82 Å². The molecule has 0 aliphatic rings. The molecule has 3 aromatic rings. The lowest BCUT2D eigenvalue weighted by molar-refractivity contribution is 0.337. The molecule has 23 heavy (non-hydrogen) atoms. The summed E-state index contributed by atoms with van der Waals surface area (Å²) in [5.74, 6) is 0.204. The summed E-state index contributed by atoms with van der Waals surface area (Å²) in [6, 6.07) is 9.65. The predicted molar refractivity (Wildman–Crippen MR) is 80.1 cm³/mol. The summed E-state index contributed by atoms with van der Waals surface area (Å²) in [5, 5.41) is 26.9. The van der Waals surface area contributed by atoms with Crippen LogP contribution in [-0.4, -0.2) is 25.2 Å². The van der Waals surface area contributed by atoms with Crippen molar-refractivity contribution in [1.82, 2.24) is 15.0 Å². The van der Waals surface area contributed by atoms with Crippen LogP contribution in [0.5, 0.6) is 0 Å². The van der Waals surface area contributed by atoms with Gasteiger partial charge in [-0.3, -0.25) is 0 Å². The number of benzene rings is 1. The summed E-state index contributed by atoms with van der Waals surface area (Å²) in [4.78, 5) is 0. The van der Waals surface area contributed by atoms with E-state index in [4.69, 9.17) is 4.42 Å². The molecular formula is C16H14FN3O3. The van der Waals surface area contributed by atoms with Gasteiger partial charge in [-0.15, -0.1) is 5.10 Å². The van der Waals surface area contributed by atoms with Crippen molar-refractivity contribution in [1.29, 1.82) is 0 Å². The van der Waals surface area contributed by atoms with Crippen molar-refractivity contribution in [2.75, 3.05) is 0 Å². The molecule has 6 nitrogen and oxygen atoms in total. The number of aliphatic hydroxyl groups is 2. The molecule has 2 heterocycles. The van der Waals surface area contributed by atoms with Crippen LogP contribution in [0.2, 0.25) is 0 Å². The molecular weight excluding hydrogens is 301 g/mol. The standard InChI is InChI=1S/C16H14FN3O3/c17-12-3-1-11(2-4-12)9-13-5-6-14(23-13)10-15(21)16(22)20-8-7-18-19-20/h1-8,21-22H,9-10H2. The first-order valence-electron chi connectivity index (χ1n) is 6.91. The normalized spacial score (nSPS) is 12.2. The minimum absolute atomic E-state index is 0.0229. The lowest BCUT2D eigenvalue weighted by Gasteiger charge is -2.02. The first-order valence-corrected chi connectivity index (χ1v) is 6.91. The molecule has 0 bridgehead atoms. The maximum absolute atomic E-state index is 12.9. The Bertz CT molecular complexity index is 807. The van der Waals surface area contributed by atoms with Crippen LogP contribution >= 0.6 is 0 Å². The Balaban J connectivity index is 1.70. The van der Waals surface area contributed by atoms with Gasteiger partial charge in [-0.05, 0) is 29.8 Å². The lowest BCUT2D eigenvalue weighted by Crippen LogP contribution is -2.03. The molecule has 3 rings (SSSR count). The van der Waals surface area contributed by atoms with E-state index < -0.39 is 5.88 Å². The Hall–Kier alpha value is -3.09. The zero-order chi connectivity index (χ0) is 16.2. The molecule has 0 radical (unpaired) electrons. The molecule has 2 N–H and O–H groups in total. The van der Waals surface area contributed by atoms with Gasteiger partial charge < -0.3 is 14.6 Å². The Morgan fingerprint density at radius 2 is 1.83 bits per heavy atom. The quantitative estimate of drug-likeness (QED) is 0.707. The molecule has 0 atom stereocenters. The molecule has 7 heteroatoms. The predicted octanol–water partition coefficient (Wildman–Crippen LogP) is 3.09. The van der Waals surface area contributed by atoms with E-state index in [9.17, 15) is 14.6 Å². The first-order chi connectivity index (χ1) is 11.1. The molecule has 0 spiro atoms. The van der Waals surface area contributed by atoms with E-state index in [1.807, 2.05) is 0 Å². The smallest absolute Gasteiger partial charge is 0.252 e. The molecule has 0 aliphatic carbocycles. The second-order valence-electron chi connectivity index (χ2n) is 4.97. The second-order valence-corrected chi connectivity index (χ2v) is 4.97. The van der Waals surface area contributed by atoms with Crippen molar-refractivity contribution in [3.63, 3.8) is 0 Å². The van der Waals surface area contributed by atoms with Gasteiger partial charge in [0.2, 0.25) is 0 Å². The topological polar surface area (TPSA) is 84.3 Å². The van der Waals surface area contributed by atoms with Crippen LogP contribution in [0.1, 0.15) is 17.1 Å². The van der Waals surface area contributed by atoms with Gasteiger partial charge in [0.25, 0.3) is 5.88 Å². The number of nitrogens with zero attached hydrogens (tertiary/aromatic N) is 3. The number of hydrogen-bond donors (Lipinski definition) is 2. The van der Waals surface area contributed by atoms with Crippen LogP contribution in [0.4, 0.5) is 4.39 Å². The minimum Gasteiger partial charge on any atom is -0.506 e. The van der Waals surface area contributed by atoms with Gasteiger partial charge in [0.1, 0.15) is 17.3 Å². The van der Waals surface area contributed by atoms with E-state index in [-0.39, 0.29) is 18.0 Å². The number of furan rings is 1. The van der Waals surface area contributed by atoms with E-state index in [2.05, 4.69) is 10.3 Å². The third-order valence-electron chi connectivity index (χ3n) is 3.25. The SMILES string of the molecule is OC(Cc1ccc(Cc2ccc(F)cc2)o1)=C(O)n1ccnn1. The summed E-state index contributed by atoms with van der Waals surface area (Å²) >= 11 is 0. The molecule has 2 aromatic heterocycles. The highest BCUT2D eigenvalue weighted by Gasteiger charge is 2.11. The number of allylic oxidation sites excluding steroid dienone is 1. The largest absolute Gasteiger partial charge is 0.506 e. The highest BCUT2D eigenvalue weighted by atomic mass is 19.1. The van der Waals surface area contributed by atoms with Crippen molar-refractivity contribution >= 4 is 5.88 Å². The van der Waals surface area contributed by atoms with Crippen LogP contribution in [0.15, 0.2) is 59.0 Å². The number of hydrogen-bond acceptors (Lipinski definition) is 5. The Kier molecular flexibility index (Phi) is 4.09. The van der Waals surface area contributed by atoms with E-state index in [0.717, 1.165) is 10.2 Å². The zero-order valence-electron chi connectivity index (χ0n) is 12.1. The summed E-state index contributed by atoms with van der Waals surface area (Å²) in [5.41, 5.74) is 0.914. The maximum atomic E-state index is 12.9. The summed E-state index contributed by atoms with van der Waals surface area (Å²) < 4.78 is 19.5. The van der Waals surface area contributed by atoms with Crippen molar-refractivity contribution < 1.29 is 19.0 Å². The lowest BCUT2D eigenvalue weighted by atomic mass is 10.1. The maximum Gasteiger partial charge on any atom is 0.252 e. The third kappa shape index (κ3) is 3.57. The third-order valence-corrected chi connectivity index (χ3v) is 3.25. The molecule has 0 unspecified atom stereocenters. The molecule has 0 amide bonds. The first kappa shape index (κ1) is 14.8. The average molecular weight is 315 g/mol. The van der Waals surface area contributed by atoms with Gasteiger partial charge in [0.15, 0.2) is 5.76 Å². The average Bonchev–Trinajstić information content (AvgIpc) is 3.21. The summed E-state index contributed by atoms with van der Waals surface area (Å²) in [7, 11) is 0. The molecule has 0 saturated heterocycles. The molecule has 0 saturated carbocycles. The van der Waals surface area contributed by atoms with Gasteiger partial charge >= 0.3 is 0 Å². The molecule has 118 valence electrons. The molecule has 0 aliphatic heterocycles. The Morgan fingerprint density at radius 1 is 1.09 bits per heavy atom. The highest BCUT2D eigenvalue weighted by Crippen LogP contribution is 2.17. The van der Waals surface area contributed by atoms with E-state index in [0.29, 0.717) is 17.9 Å². The van der Waals surface area contributed by atoms with E-state index >= 15 is 0 Å². The van der Waals surface area contributed by atoms with Crippen molar-refractivity contribution in [2.24, 2.45) is 0 Å². The fourth-order valence-electron chi connectivity index (χ4n) is 2.11. The Labute approximate surface area is 131 Å². The van der Waals surface area contributed by atoms with Crippen molar-refractivity contribution in [3.8, 4) is 0 Å².